The van der Waals surface area contributed by atoms with Gasteiger partial charge in [-0.25, -0.2) is 0 Å². The summed E-state index contributed by atoms with van der Waals surface area (Å²) in [5.41, 5.74) is 0.316. The second-order valence-electron chi connectivity index (χ2n) is 6.84. The smallest absolute Gasteiger partial charge is 0.0687 e. The van der Waals surface area contributed by atoms with Gasteiger partial charge in [0.25, 0.3) is 0 Å². The summed E-state index contributed by atoms with van der Waals surface area (Å²) in [4.78, 5) is 0. The van der Waals surface area contributed by atoms with Crippen LogP contribution in [0, 0.1) is 5.92 Å². The summed E-state index contributed by atoms with van der Waals surface area (Å²) < 4.78 is 6.52. The fraction of sp³-hybridized carbons (Fsp3) is 1.00. The van der Waals surface area contributed by atoms with E-state index in [9.17, 15) is 0 Å². The SMILES string of the molecule is CNC1CCCC1CC1CCC2(CCCCC2)O1. The van der Waals surface area contributed by atoms with Gasteiger partial charge in [0.2, 0.25) is 0 Å². The van der Waals surface area contributed by atoms with Crippen molar-refractivity contribution in [2.45, 2.75) is 88.4 Å². The Labute approximate surface area is 112 Å². The van der Waals surface area contributed by atoms with Gasteiger partial charge in [-0.3, -0.25) is 0 Å². The predicted molar refractivity (Wildman–Crippen MR) is 74.7 cm³/mol. The van der Waals surface area contributed by atoms with Crippen molar-refractivity contribution in [3.63, 3.8) is 0 Å². The zero-order valence-corrected chi connectivity index (χ0v) is 11.9. The minimum atomic E-state index is 0.316. The number of rotatable bonds is 3. The van der Waals surface area contributed by atoms with Crippen molar-refractivity contribution in [2.75, 3.05) is 7.05 Å². The van der Waals surface area contributed by atoms with Crippen LogP contribution in [0.1, 0.15) is 70.6 Å². The van der Waals surface area contributed by atoms with Crippen LogP contribution in [0.25, 0.3) is 0 Å². The molecule has 0 aromatic heterocycles. The standard InChI is InChI=1S/C16H29NO/c1-17-15-7-5-6-13(15)12-14-8-11-16(18-14)9-3-2-4-10-16/h13-15,17H,2-12H2,1H3. The third-order valence-electron chi connectivity index (χ3n) is 5.70. The third kappa shape index (κ3) is 2.60. The first kappa shape index (κ1) is 12.9. The molecular formula is C16H29NO. The van der Waals surface area contributed by atoms with Gasteiger partial charge in [-0.15, -0.1) is 0 Å². The molecule has 18 heavy (non-hydrogen) atoms. The molecule has 0 aromatic carbocycles. The van der Waals surface area contributed by atoms with Gasteiger partial charge >= 0.3 is 0 Å². The lowest BCUT2D eigenvalue weighted by atomic mass is 9.83. The summed E-state index contributed by atoms with van der Waals surface area (Å²) in [5, 5.41) is 3.50. The Balaban J connectivity index is 1.52. The summed E-state index contributed by atoms with van der Waals surface area (Å²) in [5.74, 6) is 0.874. The van der Waals surface area contributed by atoms with E-state index < -0.39 is 0 Å². The summed E-state index contributed by atoms with van der Waals surface area (Å²) in [7, 11) is 2.13. The molecule has 3 atom stereocenters. The van der Waals surface area contributed by atoms with Gasteiger partial charge < -0.3 is 10.1 Å². The van der Waals surface area contributed by atoms with Gasteiger partial charge in [-0.1, -0.05) is 25.7 Å². The normalized spacial score (nSPS) is 39.5. The summed E-state index contributed by atoms with van der Waals surface area (Å²) in [6, 6.07) is 0.761. The summed E-state index contributed by atoms with van der Waals surface area (Å²) in [6.45, 7) is 0. The van der Waals surface area contributed by atoms with Crippen molar-refractivity contribution in [2.24, 2.45) is 5.92 Å². The summed E-state index contributed by atoms with van der Waals surface area (Å²) in [6.07, 6.45) is 15.7. The topological polar surface area (TPSA) is 21.3 Å². The molecule has 2 nitrogen and oxygen atoms in total. The van der Waals surface area contributed by atoms with Gasteiger partial charge in [-0.2, -0.15) is 0 Å². The van der Waals surface area contributed by atoms with E-state index in [1.165, 1.54) is 70.6 Å². The molecule has 2 saturated carbocycles. The molecular weight excluding hydrogens is 222 g/mol. The fourth-order valence-corrected chi connectivity index (χ4v) is 4.66. The highest BCUT2D eigenvalue weighted by Crippen LogP contribution is 2.44. The molecule has 1 aliphatic heterocycles. The van der Waals surface area contributed by atoms with Gasteiger partial charge in [0.15, 0.2) is 0 Å². The monoisotopic (exact) mass is 251 g/mol. The predicted octanol–water partition coefficient (Wildman–Crippen LogP) is 3.65. The molecule has 104 valence electrons. The maximum Gasteiger partial charge on any atom is 0.0687 e. The Morgan fingerprint density at radius 1 is 1.00 bits per heavy atom. The first-order valence-corrected chi connectivity index (χ1v) is 8.16. The Morgan fingerprint density at radius 3 is 2.61 bits per heavy atom. The molecule has 2 heteroatoms. The minimum Gasteiger partial charge on any atom is -0.372 e. The van der Waals surface area contributed by atoms with Crippen LogP contribution in [0.2, 0.25) is 0 Å². The highest BCUT2D eigenvalue weighted by molar-refractivity contribution is 4.93. The molecule has 0 bridgehead atoms. The van der Waals surface area contributed by atoms with E-state index in [1.54, 1.807) is 0 Å². The second kappa shape index (κ2) is 5.50. The number of hydrogen-bond donors (Lipinski definition) is 1. The quantitative estimate of drug-likeness (QED) is 0.826. The zero-order valence-electron chi connectivity index (χ0n) is 11.9. The molecule has 0 radical (unpaired) electrons. The van der Waals surface area contributed by atoms with Crippen LogP contribution in [0.4, 0.5) is 0 Å². The van der Waals surface area contributed by atoms with E-state index in [0.29, 0.717) is 11.7 Å². The maximum atomic E-state index is 6.52. The molecule has 3 fully saturated rings. The summed E-state index contributed by atoms with van der Waals surface area (Å²) >= 11 is 0. The Hall–Kier alpha value is -0.0800. The molecule has 1 spiro atoms. The molecule has 1 N–H and O–H groups in total. The molecule has 1 heterocycles. The molecule has 0 amide bonds. The molecule has 2 aliphatic carbocycles. The van der Waals surface area contributed by atoms with Crippen LogP contribution < -0.4 is 5.32 Å². The maximum absolute atomic E-state index is 6.52. The molecule has 3 rings (SSSR count). The van der Waals surface area contributed by atoms with Crippen molar-refractivity contribution >= 4 is 0 Å². The molecule has 0 aromatic rings. The van der Waals surface area contributed by atoms with E-state index in [1.807, 2.05) is 0 Å². The number of nitrogens with one attached hydrogen (secondary N) is 1. The third-order valence-corrected chi connectivity index (χ3v) is 5.70. The average molecular weight is 251 g/mol. The zero-order chi connectivity index (χ0) is 12.4. The average Bonchev–Trinajstić information content (AvgIpc) is 2.99. The fourth-order valence-electron chi connectivity index (χ4n) is 4.66. The Bertz CT molecular complexity index is 272. The lowest BCUT2D eigenvalue weighted by Crippen LogP contribution is -2.34. The van der Waals surface area contributed by atoms with Crippen molar-refractivity contribution in [1.82, 2.24) is 5.32 Å². The number of ether oxygens (including phenoxy) is 1. The van der Waals surface area contributed by atoms with Gasteiger partial charge in [0, 0.05) is 6.04 Å². The van der Waals surface area contributed by atoms with Crippen LogP contribution in [0.15, 0.2) is 0 Å². The first-order valence-electron chi connectivity index (χ1n) is 8.16. The molecule has 3 aliphatic rings. The second-order valence-corrected chi connectivity index (χ2v) is 6.84. The lowest BCUT2D eigenvalue weighted by Gasteiger charge is -2.34. The first-order chi connectivity index (χ1) is 8.81. The van der Waals surface area contributed by atoms with Gasteiger partial charge in [0.1, 0.15) is 0 Å². The van der Waals surface area contributed by atoms with Crippen LogP contribution in [0.3, 0.4) is 0 Å². The Morgan fingerprint density at radius 2 is 1.83 bits per heavy atom. The van der Waals surface area contributed by atoms with E-state index in [2.05, 4.69) is 12.4 Å². The van der Waals surface area contributed by atoms with Crippen LogP contribution in [-0.4, -0.2) is 24.8 Å². The van der Waals surface area contributed by atoms with E-state index >= 15 is 0 Å². The number of hydrogen-bond acceptors (Lipinski definition) is 2. The van der Waals surface area contributed by atoms with E-state index in [-0.39, 0.29) is 0 Å². The Kier molecular flexibility index (Phi) is 3.95. The van der Waals surface area contributed by atoms with Crippen molar-refractivity contribution in [3.8, 4) is 0 Å². The molecule has 1 saturated heterocycles. The lowest BCUT2D eigenvalue weighted by molar-refractivity contribution is -0.0703. The van der Waals surface area contributed by atoms with Gasteiger partial charge in [-0.05, 0) is 57.9 Å². The van der Waals surface area contributed by atoms with E-state index in [0.717, 1.165) is 12.0 Å². The van der Waals surface area contributed by atoms with Crippen molar-refractivity contribution < 1.29 is 4.74 Å². The molecule has 3 unspecified atom stereocenters. The minimum absolute atomic E-state index is 0.316. The van der Waals surface area contributed by atoms with Crippen LogP contribution in [0.5, 0.6) is 0 Å². The van der Waals surface area contributed by atoms with Crippen LogP contribution in [-0.2, 0) is 4.74 Å². The van der Waals surface area contributed by atoms with Crippen molar-refractivity contribution in [3.05, 3.63) is 0 Å². The van der Waals surface area contributed by atoms with Crippen molar-refractivity contribution in [1.29, 1.82) is 0 Å². The van der Waals surface area contributed by atoms with Crippen LogP contribution >= 0.6 is 0 Å². The van der Waals surface area contributed by atoms with Gasteiger partial charge in [0.05, 0.1) is 11.7 Å². The highest BCUT2D eigenvalue weighted by Gasteiger charge is 2.42. The van der Waals surface area contributed by atoms with E-state index in [4.69, 9.17) is 4.74 Å². The highest BCUT2D eigenvalue weighted by atomic mass is 16.5. The largest absolute Gasteiger partial charge is 0.372 e.